The standard InChI is InChI=1S/C20H25N7O3S2/c1-6-27-8-7-13-15-14(21-10-26(15)4)17(24-18(13)27)25-20-23-12(3)16(31-20)19(28)22-11(2)9-32(5,29)30/h7-8,10-11H,6,9H2,1-5H3,(H,22,28)(H,23,24,25). The van der Waals surface area contributed by atoms with Crippen LogP contribution in [0, 0.1) is 6.92 Å². The van der Waals surface area contributed by atoms with Crippen molar-refractivity contribution in [1.82, 2.24) is 29.4 Å². The summed E-state index contributed by atoms with van der Waals surface area (Å²) in [6.45, 7) is 6.24. The molecule has 12 heteroatoms. The molecule has 1 atom stereocenters. The number of fused-ring (bicyclic) bond motifs is 3. The van der Waals surface area contributed by atoms with Crippen molar-refractivity contribution in [1.29, 1.82) is 0 Å². The van der Waals surface area contributed by atoms with Crippen molar-refractivity contribution in [3.63, 3.8) is 0 Å². The summed E-state index contributed by atoms with van der Waals surface area (Å²) in [6, 6.07) is 1.53. The molecule has 0 aliphatic rings. The third kappa shape index (κ3) is 4.19. The van der Waals surface area contributed by atoms with E-state index in [0.29, 0.717) is 21.5 Å². The first-order valence-corrected chi connectivity index (χ1v) is 13.0. The highest BCUT2D eigenvalue weighted by atomic mass is 32.2. The maximum atomic E-state index is 12.7. The normalized spacial score (nSPS) is 13.0. The largest absolute Gasteiger partial charge is 0.348 e. The van der Waals surface area contributed by atoms with E-state index in [1.807, 2.05) is 23.9 Å². The second-order valence-corrected chi connectivity index (χ2v) is 11.1. The van der Waals surface area contributed by atoms with Gasteiger partial charge in [-0.1, -0.05) is 11.3 Å². The number of carbonyl (C=O) groups is 1. The zero-order valence-electron chi connectivity index (χ0n) is 18.5. The maximum absolute atomic E-state index is 12.7. The van der Waals surface area contributed by atoms with Crippen LogP contribution in [0.15, 0.2) is 18.6 Å². The SMILES string of the molecule is CCn1ccc2c3c(ncn3C)c(Nc3nc(C)c(C(=O)NC(C)CS(C)(=O)=O)s3)nc21. The highest BCUT2D eigenvalue weighted by molar-refractivity contribution is 7.90. The predicted octanol–water partition coefficient (Wildman–Crippen LogP) is 2.61. The lowest BCUT2D eigenvalue weighted by Gasteiger charge is -2.11. The van der Waals surface area contributed by atoms with Crippen LogP contribution in [-0.4, -0.2) is 56.5 Å². The lowest BCUT2D eigenvalue weighted by atomic mass is 10.3. The fraction of sp³-hybridized carbons (Fsp3) is 0.400. The summed E-state index contributed by atoms with van der Waals surface area (Å²) >= 11 is 1.19. The van der Waals surface area contributed by atoms with Crippen molar-refractivity contribution in [2.75, 3.05) is 17.3 Å². The molecule has 32 heavy (non-hydrogen) atoms. The van der Waals surface area contributed by atoms with Gasteiger partial charge in [-0.25, -0.2) is 23.4 Å². The molecule has 1 amide bonds. The average molecular weight is 476 g/mol. The van der Waals surface area contributed by atoms with E-state index in [2.05, 4.69) is 32.1 Å². The Morgan fingerprint density at radius 1 is 1.31 bits per heavy atom. The molecule has 0 saturated carbocycles. The number of anilines is 2. The van der Waals surface area contributed by atoms with Gasteiger partial charge >= 0.3 is 0 Å². The Hall–Kier alpha value is -2.99. The number of rotatable bonds is 7. The highest BCUT2D eigenvalue weighted by Gasteiger charge is 2.21. The average Bonchev–Trinajstić information content (AvgIpc) is 3.37. The first-order chi connectivity index (χ1) is 15.1. The van der Waals surface area contributed by atoms with Gasteiger partial charge in [-0.05, 0) is 26.8 Å². The molecular weight excluding hydrogens is 450 g/mol. The summed E-state index contributed by atoms with van der Waals surface area (Å²) in [6.07, 6.45) is 4.89. The zero-order chi connectivity index (χ0) is 23.2. The van der Waals surface area contributed by atoms with Crippen molar-refractivity contribution < 1.29 is 13.2 Å². The smallest absolute Gasteiger partial charge is 0.263 e. The van der Waals surface area contributed by atoms with Gasteiger partial charge in [0.25, 0.3) is 5.91 Å². The van der Waals surface area contributed by atoms with E-state index in [9.17, 15) is 13.2 Å². The molecule has 4 rings (SSSR count). The molecule has 4 heterocycles. The van der Waals surface area contributed by atoms with Crippen LogP contribution in [0.25, 0.3) is 22.1 Å². The van der Waals surface area contributed by atoms with Gasteiger partial charge in [-0.15, -0.1) is 0 Å². The van der Waals surface area contributed by atoms with Crippen molar-refractivity contribution >= 4 is 60.1 Å². The number of nitrogens with one attached hydrogen (secondary N) is 2. The summed E-state index contributed by atoms with van der Waals surface area (Å²) in [5.41, 5.74) is 3.07. The van der Waals surface area contributed by atoms with Gasteiger partial charge in [0, 0.05) is 37.5 Å². The van der Waals surface area contributed by atoms with Crippen molar-refractivity contribution in [3.05, 3.63) is 29.2 Å². The second-order valence-electron chi connectivity index (χ2n) is 7.88. The van der Waals surface area contributed by atoms with Gasteiger partial charge in [0.05, 0.1) is 23.3 Å². The first kappa shape index (κ1) is 22.2. The molecule has 10 nitrogen and oxygen atoms in total. The minimum atomic E-state index is -3.19. The van der Waals surface area contributed by atoms with E-state index >= 15 is 0 Å². The third-order valence-corrected chi connectivity index (χ3v) is 7.24. The summed E-state index contributed by atoms with van der Waals surface area (Å²) in [7, 11) is -1.25. The fourth-order valence-corrected chi connectivity index (χ4v) is 5.60. The summed E-state index contributed by atoms with van der Waals surface area (Å²) in [5, 5.41) is 7.49. The number of carbonyl (C=O) groups excluding carboxylic acids is 1. The molecule has 4 aromatic rings. The molecule has 0 radical (unpaired) electrons. The van der Waals surface area contributed by atoms with Gasteiger partial charge in [0.2, 0.25) is 0 Å². The monoisotopic (exact) mass is 475 g/mol. The van der Waals surface area contributed by atoms with Crippen LogP contribution in [0.2, 0.25) is 0 Å². The highest BCUT2D eigenvalue weighted by Crippen LogP contribution is 2.32. The molecule has 0 bridgehead atoms. The molecule has 1 unspecified atom stereocenters. The van der Waals surface area contributed by atoms with E-state index in [4.69, 9.17) is 4.98 Å². The minimum absolute atomic E-state index is 0.125. The van der Waals surface area contributed by atoms with Crippen LogP contribution in [-0.2, 0) is 23.4 Å². The summed E-state index contributed by atoms with van der Waals surface area (Å²) in [5.74, 6) is 0.0866. The van der Waals surface area contributed by atoms with Gasteiger partial charge < -0.3 is 19.8 Å². The Morgan fingerprint density at radius 3 is 2.75 bits per heavy atom. The number of nitrogens with zero attached hydrogens (tertiary/aromatic N) is 5. The fourth-order valence-electron chi connectivity index (χ4n) is 3.74. The first-order valence-electron chi connectivity index (χ1n) is 10.1. The van der Waals surface area contributed by atoms with E-state index in [1.54, 1.807) is 20.2 Å². The number of thiazole rings is 1. The minimum Gasteiger partial charge on any atom is -0.348 e. The number of hydrogen-bond donors (Lipinski definition) is 2. The van der Waals surface area contributed by atoms with Crippen molar-refractivity contribution in [2.45, 2.75) is 33.4 Å². The molecule has 2 N–H and O–H groups in total. The van der Waals surface area contributed by atoms with Crippen LogP contribution in [0.1, 0.15) is 29.2 Å². The second kappa shape index (κ2) is 8.17. The van der Waals surface area contributed by atoms with Crippen LogP contribution in [0.5, 0.6) is 0 Å². The number of hydrogen-bond acceptors (Lipinski definition) is 8. The Balaban J connectivity index is 1.66. The van der Waals surface area contributed by atoms with Crippen LogP contribution in [0.4, 0.5) is 10.9 Å². The number of imidazole rings is 1. The Labute approximate surface area is 189 Å². The summed E-state index contributed by atoms with van der Waals surface area (Å²) in [4.78, 5) is 26.9. The Morgan fingerprint density at radius 2 is 2.06 bits per heavy atom. The zero-order valence-corrected chi connectivity index (χ0v) is 20.1. The van der Waals surface area contributed by atoms with E-state index in [-0.39, 0.29) is 11.7 Å². The van der Waals surface area contributed by atoms with Crippen LogP contribution in [0.3, 0.4) is 0 Å². The predicted molar refractivity (Wildman–Crippen MR) is 126 cm³/mol. The number of amides is 1. The summed E-state index contributed by atoms with van der Waals surface area (Å²) < 4.78 is 27.0. The molecule has 0 spiro atoms. The van der Waals surface area contributed by atoms with Gasteiger partial charge in [-0.3, -0.25) is 4.79 Å². The number of pyridine rings is 1. The van der Waals surface area contributed by atoms with E-state index in [1.165, 1.54) is 11.3 Å². The van der Waals surface area contributed by atoms with Crippen LogP contribution >= 0.6 is 11.3 Å². The van der Waals surface area contributed by atoms with Gasteiger partial charge in [0.1, 0.15) is 25.9 Å². The third-order valence-electron chi connectivity index (χ3n) is 5.07. The van der Waals surface area contributed by atoms with Crippen molar-refractivity contribution in [3.8, 4) is 0 Å². The molecule has 4 aromatic heterocycles. The van der Waals surface area contributed by atoms with Crippen LogP contribution < -0.4 is 10.6 Å². The molecule has 0 aromatic carbocycles. The molecule has 0 saturated heterocycles. The molecule has 170 valence electrons. The Kier molecular flexibility index (Phi) is 5.67. The van der Waals surface area contributed by atoms with Gasteiger partial charge in [0.15, 0.2) is 10.9 Å². The van der Waals surface area contributed by atoms with Crippen molar-refractivity contribution in [2.24, 2.45) is 7.05 Å². The number of sulfone groups is 1. The van der Waals surface area contributed by atoms with E-state index < -0.39 is 15.9 Å². The molecular formula is C20H25N7O3S2. The number of aryl methyl sites for hydroxylation is 3. The van der Waals surface area contributed by atoms with E-state index in [0.717, 1.165) is 34.9 Å². The quantitative estimate of drug-likeness (QED) is 0.421. The maximum Gasteiger partial charge on any atom is 0.263 e. The molecule has 0 aliphatic carbocycles. The lowest BCUT2D eigenvalue weighted by molar-refractivity contribution is 0.0947. The topological polar surface area (TPSA) is 124 Å². The lowest BCUT2D eigenvalue weighted by Crippen LogP contribution is -2.37. The van der Waals surface area contributed by atoms with Gasteiger partial charge in [-0.2, -0.15) is 0 Å². The molecule has 0 fully saturated rings. The molecule has 0 aliphatic heterocycles. The number of aromatic nitrogens is 5. The Bertz CT molecular complexity index is 1430.